The number of amides is 1. The number of carbonyl (C=O) groups is 3. The van der Waals surface area contributed by atoms with Crippen LogP contribution >= 0.6 is 0 Å². The number of nitrogens with two attached hydrogens (primary N) is 1. The molecule has 29 heavy (non-hydrogen) atoms. The van der Waals surface area contributed by atoms with Gasteiger partial charge >= 0.3 is 5.97 Å². The fraction of sp³-hybridized carbons (Fsp3) is 0.227. The number of ether oxygens (including phenoxy) is 2. The third-order valence-electron chi connectivity index (χ3n) is 4.61. The Bertz CT molecular complexity index is 1070. The lowest BCUT2D eigenvalue weighted by Gasteiger charge is -2.10. The van der Waals surface area contributed by atoms with E-state index in [1.807, 2.05) is 30.3 Å². The second-order valence-electron chi connectivity index (χ2n) is 6.49. The molecule has 0 unspecified atom stereocenters. The first-order valence-corrected chi connectivity index (χ1v) is 9.23. The molecule has 0 atom stereocenters. The van der Waals surface area contributed by atoms with Crippen LogP contribution in [0.2, 0.25) is 0 Å². The third-order valence-corrected chi connectivity index (χ3v) is 4.61. The minimum Gasteiger partial charge on any atom is -0.480 e. The van der Waals surface area contributed by atoms with E-state index < -0.39 is 17.7 Å². The zero-order valence-electron chi connectivity index (χ0n) is 16.3. The highest BCUT2D eigenvalue weighted by molar-refractivity contribution is 6.44. The Morgan fingerprint density at radius 3 is 2.45 bits per heavy atom. The number of esters is 1. The van der Waals surface area contributed by atoms with Gasteiger partial charge in [0.1, 0.15) is 5.75 Å². The highest BCUT2D eigenvalue weighted by Crippen LogP contribution is 2.32. The summed E-state index contributed by atoms with van der Waals surface area (Å²) in [6, 6.07) is 13.1. The summed E-state index contributed by atoms with van der Waals surface area (Å²) >= 11 is 0. The number of hydrogen-bond acceptors (Lipinski definition) is 5. The number of Topliss-reactive ketones (excluding diaryl/α,β-unsaturated/α-hetero) is 1. The number of nitrogens with zero attached hydrogens (tertiary/aromatic N) is 1. The van der Waals surface area contributed by atoms with Gasteiger partial charge in [0, 0.05) is 18.3 Å². The van der Waals surface area contributed by atoms with Gasteiger partial charge < -0.3 is 19.6 Å². The average molecular weight is 394 g/mol. The molecular formula is C22H22N2O5. The van der Waals surface area contributed by atoms with E-state index in [0.29, 0.717) is 23.3 Å². The number of hydrogen-bond donors (Lipinski definition) is 1. The molecule has 0 radical (unpaired) electrons. The second-order valence-corrected chi connectivity index (χ2v) is 6.49. The summed E-state index contributed by atoms with van der Waals surface area (Å²) in [5.41, 5.74) is 8.40. The molecule has 0 aliphatic rings. The zero-order valence-corrected chi connectivity index (χ0v) is 16.3. The van der Waals surface area contributed by atoms with Crippen molar-refractivity contribution in [2.75, 3.05) is 13.2 Å². The first kappa shape index (κ1) is 20.1. The van der Waals surface area contributed by atoms with Crippen molar-refractivity contribution in [3.63, 3.8) is 0 Å². The summed E-state index contributed by atoms with van der Waals surface area (Å²) in [6.07, 6.45) is 2.33. The summed E-state index contributed by atoms with van der Waals surface area (Å²) < 4.78 is 12.3. The fourth-order valence-electron chi connectivity index (χ4n) is 3.32. The van der Waals surface area contributed by atoms with Crippen molar-refractivity contribution in [3.8, 4) is 5.75 Å². The molecule has 7 nitrogen and oxygen atoms in total. The van der Waals surface area contributed by atoms with Crippen LogP contribution in [0.25, 0.3) is 5.52 Å². The van der Waals surface area contributed by atoms with Gasteiger partial charge in [0.2, 0.25) is 0 Å². The largest absolute Gasteiger partial charge is 0.480 e. The molecule has 1 aromatic carbocycles. The molecule has 0 aliphatic carbocycles. The van der Waals surface area contributed by atoms with Gasteiger partial charge in [-0.1, -0.05) is 30.3 Å². The number of primary amides is 1. The van der Waals surface area contributed by atoms with E-state index in [0.717, 1.165) is 11.3 Å². The molecule has 2 heterocycles. The minimum absolute atomic E-state index is 0.183. The monoisotopic (exact) mass is 394 g/mol. The van der Waals surface area contributed by atoms with Gasteiger partial charge in [-0.15, -0.1) is 0 Å². The van der Waals surface area contributed by atoms with Crippen molar-refractivity contribution < 1.29 is 23.9 Å². The van der Waals surface area contributed by atoms with Crippen molar-refractivity contribution in [2.45, 2.75) is 20.3 Å². The number of fused-ring (bicyclic) bond motifs is 1. The molecule has 2 aromatic heterocycles. The van der Waals surface area contributed by atoms with Gasteiger partial charge in [0.15, 0.2) is 6.61 Å². The summed E-state index contributed by atoms with van der Waals surface area (Å²) in [5.74, 6) is -2.07. The molecule has 7 heteroatoms. The molecule has 2 N–H and O–H groups in total. The van der Waals surface area contributed by atoms with Crippen molar-refractivity contribution >= 4 is 23.2 Å². The Morgan fingerprint density at radius 2 is 1.79 bits per heavy atom. The molecule has 0 spiro atoms. The summed E-state index contributed by atoms with van der Waals surface area (Å²) in [5, 5.41) is 0. The lowest BCUT2D eigenvalue weighted by Crippen LogP contribution is -2.23. The van der Waals surface area contributed by atoms with Crippen molar-refractivity contribution in [1.29, 1.82) is 0 Å². The quantitative estimate of drug-likeness (QED) is 0.359. The van der Waals surface area contributed by atoms with E-state index in [1.54, 1.807) is 36.6 Å². The second kappa shape index (κ2) is 8.60. The maximum absolute atomic E-state index is 12.6. The van der Waals surface area contributed by atoms with Crippen LogP contribution in [0.4, 0.5) is 0 Å². The molecule has 3 aromatic rings. The van der Waals surface area contributed by atoms with Gasteiger partial charge in [-0.3, -0.25) is 9.59 Å². The van der Waals surface area contributed by atoms with E-state index in [2.05, 4.69) is 0 Å². The Hall–Kier alpha value is -3.61. The molecule has 150 valence electrons. The standard InChI is InChI=1S/C22H22N2O5/c1-3-28-18(25)13-29-17-10-7-11-24-16(12-15-8-5-4-6-9-15)14(2)19(20(17)24)21(26)22(23)27/h4-11H,3,12-13H2,1-2H3,(H2,23,27). The van der Waals surface area contributed by atoms with E-state index in [-0.39, 0.29) is 18.8 Å². The number of aromatic nitrogens is 1. The first-order chi connectivity index (χ1) is 13.9. The maximum Gasteiger partial charge on any atom is 0.344 e. The fourth-order valence-corrected chi connectivity index (χ4v) is 3.32. The van der Waals surface area contributed by atoms with Crippen LogP contribution in [0.3, 0.4) is 0 Å². The normalized spacial score (nSPS) is 10.7. The van der Waals surface area contributed by atoms with Crippen molar-refractivity contribution in [1.82, 2.24) is 4.40 Å². The highest BCUT2D eigenvalue weighted by atomic mass is 16.6. The van der Waals surface area contributed by atoms with Gasteiger partial charge in [-0.05, 0) is 37.1 Å². The predicted molar refractivity (Wildman–Crippen MR) is 107 cm³/mol. The predicted octanol–water partition coefficient (Wildman–Crippen LogP) is 2.45. The minimum atomic E-state index is -1.05. The summed E-state index contributed by atoms with van der Waals surface area (Å²) in [6.45, 7) is 3.41. The van der Waals surface area contributed by atoms with Crippen LogP contribution in [-0.4, -0.2) is 35.3 Å². The number of rotatable bonds is 8. The Kier molecular flexibility index (Phi) is 5.97. The van der Waals surface area contributed by atoms with Crippen LogP contribution in [0, 0.1) is 6.92 Å². The molecule has 1 amide bonds. The topological polar surface area (TPSA) is 100 Å². The molecule has 0 saturated carbocycles. The first-order valence-electron chi connectivity index (χ1n) is 9.23. The average Bonchev–Trinajstić information content (AvgIpc) is 2.99. The van der Waals surface area contributed by atoms with Crippen LogP contribution in [-0.2, 0) is 20.7 Å². The molecule has 0 fully saturated rings. The zero-order chi connectivity index (χ0) is 21.0. The lowest BCUT2D eigenvalue weighted by molar-refractivity contribution is -0.145. The molecule has 3 rings (SSSR count). The number of pyridine rings is 1. The van der Waals surface area contributed by atoms with Crippen LogP contribution in [0.15, 0.2) is 48.7 Å². The molecule has 0 aliphatic heterocycles. The Morgan fingerprint density at radius 1 is 1.07 bits per heavy atom. The Labute approximate surface area is 168 Å². The van der Waals surface area contributed by atoms with Crippen LogP contribution < -0.4 is 10.5 Å². The van der Waals surface area contributed by atoms with Gasteiger partial charge in [0.05, 0.1) is 17.7 Å². The number of carbonyl (C=O) groups excluding carboxylic acids is 3. The number of benzene rings is 1. The summed E-state index contributed by atoms with van der Waals surface area (Å²) in [7, 11) is 0. The van der Waals surface area contributed by atoms with Gasteiger partial charge in [-0.25, -0.2) is 4.79 Å². The highest BCUT2D eigenvalue weighted by Gasteiger charge is 2.26. The van der Waals surface area contributed by atoms with Gasteiger partial charge in [-0.2, -0.15) is 0 Å². The third kappa shape index (κ3) is 4.13. The lowest BCUT2D eigenvalue weighted by atomic mass is 10.0. The van der Waals surface area contributed by atoms with Gasteiger partial charge in [0.25, 0.3) is 11.7 Å². The Balaban J connectivity index is 2.14. The maximum atomic E-state index is 12.6. The smallest absolute Gasteiger partial charge is 0.344 e. The van der Waals surface area contributed by atoms with E-state index in [9.17, 15) is 14.4 Å². The molecule has 0 saturated heterocycles. The van der Waals surface area contributed by atoms with Crippen molar-refractivity contribution in [3.05, 3.63) is 71.0 Å². The van der Waals surface area contributed by atoms with E-state index >= 15 is 0 Å². The van der Waals surface area contributed by atoms with E-state index in [1.165, 1.54) is 0 Å². The molecular weight excluding hydrogens is 372 g/mol. The van der Waals surface area contributed by atoms with E-state index in [4.69, 9.17) is 15.2 Å². The summed E-state index contributed by atoms with van der Waals surface area (Å²) in [4.78, 5) is 36.0. The SMILES string of the molecule is CCOC(=O)COc1cccn2c(Cc3ccccc3)c(C)c(C(=O)C(N)=O)c12. The molecule has 0 bridgehead atoms. The van der Waals surface area contributed by atoms with Crippen LogP contribution in [0.1, 0.15) is 34.1 Å². The van der Waals surface area contributed by atoms with Crippen molar-refractivity contribution in [2.24, 2.45) is 5.73 Å². The van der Waals surface area contributed by atoms with Crippen LogP contribution in [0.5, 0.6) is 5.75 Å². The number of ketones is 1.